The summed E-state index contributed by atoms with van der Waals surface area (Å²) in [7, 11) is 0. The van der Waals surface area contributed by atoms with Crippen LogP contribution in [0.3, 0.4) is 0 Å². The Kier molecular flexibility index (Phi) is 3.09. The van der Waals surface area contributed by atoms with Crippen molar-refractivity contribution in [3.05, 3.63) is 24.2 Å². The molecule has 2 aromatic heterocycles. The number of nitrogens with zero attached hydrogens (tertiary/aromatic N) is 4. The third-order valence-electron chi connectivity index (χ3n) is 3.53. The maximum atomic E-state index is 12.8. The molecule has 0 unspecified atom stereocenters. The Labute approximate surface area is 119 Å². The molecule has 21 heavy (non-hydrogen) atoms. The maximum absolute atomic E-state index is 12.8. The summed E-state index contributed by atoms with van der Waals surface area (Å²) >= 11 is 0. The molecule has 0 saturated carbocycles. The molecule has 0 radical (unpaired) electrons. The molecule has 1 aliphatic heterocycles. The molecular weight excluding hydrogens is 283 g/mol. The standard InChI is InChI=1S/C13H16F3N5/c1-12(2)8-20(5-4-18-12)11-9-7-10(13(14,15)16)19-21(9)6-3-17-11/h3,6-7,18H,4-5,8H2,1-2H3. The second kappa shape index (κ2) is 4.59. The first-order chi connectivity index (χ1) is 9.76. The molecule has 3 rings (SSSR count). The Morgan fingerprint density at radius 2 is 2.10 bits per heavy atom. The zero-order valence-corrected chi connectivity index (χ0v) is 11.8. The Balaban J connectivity index is 2.04. The van der Waals surface area contributed by atoms with E-state index in [-0.39, 0.29) is 5.54 Å². The predicted molar refractivity (Wildman–Crippen MR) is 72.3 cm³/mol. The van der Waals surface area contributed by atoms with Gasteiger partial charge >= 0.3 is 6.18 Å². The SMILES string of the molecule is CC1(C)CN(c2nccn3nc(C(F)(F)F)cc23)CCN1. The number of hydrogen-bond donors (Lipinski definition) is 1. The van der Waals surface area contributed by atoms with Crippen molar-refractivity contribution in [1.29, 1.82) is 0 Å². The number of piperazine rings is 1. The van der Waals surface area contributed by atoms with Gasteiger partial charge in [-0.25, -0.2) is 9.50 Å². The fourth-order valence-electron chi connectivity index (χ4n) is 2.61. The number of fused-ring (bicyclic) bond motifs is 1. The molecule has 8 heteroatoms. The van der Waals surface area contributed by atoms with Crippen molar-refractivity contribution >= 4 is 11.3 Å². The number of rotatable bonds is 1. The van der Waals surface area contributed by atoms with Gasteiger partial charge in [-0.05, 0) is 13.8 Å². The summed E-state index contributed by atoms with van der Waals surface area (Å²) in [5, 5.41) is 6.95. The minimum Gasteiger partial charge on any atom is -0.352 e. The smallest absolute Gasteiger partial charge is 0.352 e. The van der Waals surface area contributed by atoms with Crippen LogP contribution in [0.4, 0.5) is 19.0 Å². The fourth-order valence-corrected chi connectivity index (χ4v) is 2.61. The molecule has 0 aliphatic carbocycles. The van der Waals surface area contributed by atoms with Crippen LogP contribution in [0.5, 0.6) is 0 Å². The largest absolute Gasteiger partial charge is 0.435 e. The molecular formula is C13H16F3N5. The van der Waals surface area contributed by atoms with E-state index in [1.165, 1.54) is 16.9 Å². The monoisotopic (exact) mass is 299 g/mol. The van der Waals surface area contributed by atoms with Crippen LogP contribution in [0, 0.1) is 0 Å². The molecule has 1 fully saturated rings. The van der Waals surface area contributed by atoms with Gasteiger partial charge < -0.3 is 10.2 Å². The lowest BCUT2D eigenvalue weighted by Crippen LogP contribution is -2.57. The van der Waals surface area contributed by atoms with E-state index in [0.29, 0.717) is 24.4 Å². The highest BCUT2D eigenvalue weighted by molar-refractivity contribution is 5.69. The zero-order valence-electron chi connectivity index (χ0n) is 11.8. The van der Waals surface area contributed by atoms with Crippen LogP contribution in [0.15, 0.2) is 18.5 Å². The third kappa shape index (κ3) is 2.67. The number of hydrogen-bond acceptors (Lipinski definition) is 4. The molecule has 1 saturated heterocycles. The van der Waals surface area contributed by atoms with Gasteiger partial charge in [0, 0.05) is 43.6 Å². The Bertz CT molecular complexity index is 661. The van der Waals surface area contributed by atoms with E-state index in [0.717, 1.165) is 12.6 Å². The molecule has 114 valence electrons. The first-order valence-electron chi connectivity index (χ1n) is 6.68. The predicted octanol–water partition coefficient (Wildman–Crippen LogP) is 1.94. The highest BCUT2D eigenvalue weighted by Crippen LogP contribution is 2.31. The number of alkyl halides is 3. The average Bonchev–Trinajstić information content (AvgIpc) is 2.81. The average molecular weight is 299 g/mol. The summed E-state index contributed by atoms with van der Waals surface area (Å²) in [6.07, 6.45) is -1.54. The van der Waals surface area contributed by atoms with Gasteiger partial charge in [0.15, 0.2) is 11.5 Å². The molecule has 1 N–H and O–H groups in total. The van der Waals surface area contributed by atoms with Gasteiger partial charge in [0.05, 0.1) is 0 Å². The summed E-state index contributed by atoms with van der Waals surface area (Å²) in [6.45, 7) is 6.23. The topological polar surface area (TPSA) is 45.5 Å². The van der Waals surface area contributed by atoms with E-state index in [9.17, 15) is 13.2 Å². The fraction of sp³-hybridized carbons (Fsp3) is 0.538. The maximum Gasteiger partial charge on any atom is 0.435 e. The van der Waals surface area contributed by atoms with E-state index < -0.39 is 11.9 Å². The van der Waals surface area contributed by atoms with Crippen molar-refractivity contribution in [2.24, 2.45) is 0 Å². The molecule has 0 spiro atoms. The number of aromatic nitrogens is 3. The van der Waals surface area contributed by atoms with Crippen molar-refractivity contribution in [3.8, 4) is 0 Å². The third-order valence-corrected chi connectivity index (χ3v) is 3.53. The van der Waals surface area contributed by atoms with E-state index in [4.69, 9.17) is 0 Å². The quantitative estimate of drug-likeness (QED) is 0.874. The summed E-state index contributed by atoms with van der Waals surface area (Å²) < 4.78 is 39.6. The molecule has 1 aliphatic rings. The lowest BCUT2D eigenvalue weighted by atomic mass is 10.0. The van der Waals surface area contributed by atoms with Crippen molar-refractivity contribution < 1.29 is 13.2 Å². The van der Waals surface area contributed by atoms with E-state index >= 15 is 0 Å². The summed E-state index contributed by atoms with van der Waals surface area (Å²) in [4.78, 5) is 6.26. The summed E-state index contributed by atoms with van der Waals surface area (Å²) in [5.74, 6) is 0.537. The highest BCUT2D eigenvalue weighted by atomic mass is 19.4. The highest BCUT2D eigenvalue weighted by Gasteiger charge is 2.35. The molecule has 5 nitrogen and oxygen atoms in total. The van der Waals surface area contributed by atoms with Gasteiger partial charge in [-0.3, -0.25) is 0 Å². The van der Waals surface area contributed by atoms with Gasteiger partial charge in [0.25, 0.3) is 0 Å². The molecule has 2 aromatic rings. The minimum absolute atomic E-state index is 0.111. The van der Waals surface area contributed by atoms with Crippen LogP contribution in [0.1, 0.15) is 19.5 Å². The van der Waals surface area contributed by atoms with Crippen molar-refractivity contribution in [1.82, 2.24) is 19.9 Å². The van der Waals surface area contributed by atoms with Crippen LogP contribution in [0.2, 0.25) is 0 Å². The first-order valence-corrected chi connectivity index (χ1v) is 6.68. The normalized spacial score (nSPS) is 19.2. The Morgan fingerprint density at radius 1 is 1.33 bits per heavy atom. The second-order valence-electron chi connectivity index (χ2n) is 5.84. The Morgan fingerprint density at radius 3 is 2.76 bits per heavy atom. The summed E-state index contributed by atoms with van der Waals surface area (Å²) in [6, 6.07) is 1.05. The van der Waals surface area contributed by atoms with Crippen molar-refractivity contribution in [2.45, 2.75) is 25.6 Å². The van der Waals surface area contributed by atoms with Crippen LogP contribution >= 0.6 is 0 Å². The van der Waals surface area contributed by atoms with Gasteiger partial charge in [-0.1, -0.05) is 0 Å². The number of anilines is 1. The molecule has 3 heterocycles. The molecule has 0 aromatic carbocycles. The van der Waals surface area contributed by atoms with Gasteiger partial charge in [-0.2, -0.15) is 18.3 Å². The van der Waals surface area contributed by atoms with Crippen LogP contribution in [-0.2, 0) is 6.18 Å². The second-order valence-corrected chi connectivity index (χ2v) is 5.84. The van der Waals surface area contributed by atoms with Crippen molar-refractivity contribution in [3.63, 3.8) is 0 Å². The Hall–Kier alpha value is -1.83. The van der Waals surface area contributed by atoms with Crippen LogP contribution in [0.25, 0.3) is 5.52 Å². The van der Waals surface area contributed by atoms with E-state index in [2.05, 4.69) is 29.2 Å². The lowest BCUT2D eigenvalue weighted by Gasteiger charge is -2.39. The minimum atomic E-state index is -4.45. The number of halogens is 3. The van der Waals surface area contributed by atoms with Crippen LogP contribution < -0.4 is 10.2 Å². The molecule has 0 atom stereocenters. The molecule has 0 amide bonds. The van der Waals surface area contributed by atoms with Gasteiger partial charge in [-0.15, -0.1) is 0 Å². The van der Waals surface area contributed by atoms with E-state index in [1.54, 1.807) is 0 Å². The first kappa shape index (κ1) is 14.1. The number of nitrogens with one attached hydrogen (secondary N) is 1. The van der Waals surface area contributed by atoms with Gasteiger partial charge in [0.2, 0.25) is 0 Å². The zero-order chi connectivity index (χ0) is 15.3. The molecule has 0 bridgehead atoms. The van der Waals surface area contributed by atoms with Gasteiger partial charge in [0.1, 0.15) is 5.52 Å². The van der Waals surface area contributed by atoms with Crippen LogP contribution in [-0.4, -0.2) is 39.8 Å². The van der Waals surface area contributed by atoms with E-state index in [1.807, 2.05) is 4.90 Å². The van der Waals surface area contributed by atoms with Crippen molar-refractivity contribution in [2.75, 3.05) is 24.5 Å². The lowest BCUT2D eigenvalue weighted by molar-refractivity contribution is -0.141. The summed E-state index contributed by atoms with van der Waals surface area (Å²) in [5.41, 5.74) is -0.631.